The zero-order valence-electron chi connectivity index (χ0n) is 20.0. The zero-order valence-corrected chi connectivity index (χ0v) is 20.0. The van der Waals surface area contributed by atoms with Crippen LogP contribution in [0, 0.1) is 0 Å². The highest BCUT2D eigenvalue weighted by atomic mass is 16.5. The molecule has 184 valence electrons. The summed E-state index contributed by atoms with van der Waals surface area (Å²) < 4.78 is 5.62. The lowest BCUT2D eigenvalue weighted by atomic mass is 9.96. The maximum absolute atomic E-state index is 13.2. The van der Waals surface area contributed by atoms with Crippen molar-refractivity contribution in [2.24, 2.45) is 0 Å². The van der Waals surface area contributed by atoms with E-state index in [-0.39, 0.29) is 42.3 Å². The number of carbonyl (C=O) groups is 4. The van der Waals surface area contributed by atoms with Crippen molar-refractivity contribution in [3.63, 3.8) is 0 Å². The van der Waals surface area contributed by atoms with Crippen LogP contribution in [-0.4, -0.2) is 60.2 Å². The van der Waals surface area contributed by atoms with E-state index in [1.54, 1.807) is 29.0 Å². The van der Waals surface area contributed by atoms with E-state index in [1.807, 2.05) is 24.3 Å². The Kier molecular flexibility index (Phi) is 5.83. The highest BCUT2D eigenvalue weighted by Crippen LogP contribution is 2.39. The molecule has 0 saturated carbocycles. The van der Waals surface area contributed by atoms with Gasteiger partial charge in [-0.2, -0.15) is 0 Å². The Morgan fingerprint density at radius 3 is 2.50 bits per heavy atom. The Morgan fingerprint density at radius 1 is 1.03 bits per heavy atom. The molecule has 0 radical (unpaired) electrons. The van der Waals surface area contributed by atoms with Gasteiger partial charge in [-0.1, -0.05) is 31.4 Å². The SMILES string of the molecule is C=C(NC(=O)C(=C)N1Cc2c(cccc2-c2ccc3c(c2)OCC(=O)N3C)C1=O)C(=O)N1CCCC1. The lowest BCUT2D eigenvalue weighted by Crippen LogP contribution is -2.39. The maximum Gasteiger partial charge on any atom is 0.271 e. The fourth-order valence-electron chi connectivity index (χ4n) is 4.76. The molecular formula is C27H26N4O5. The summed E-state index contributed by atoms with van der Waals surface area (Å²) in [5.74, 6) is -0.862. The molecule has 3 aliphatic heterocycles. The van der Waals surface area contributed by atoms with Crippen molar-refractivity contribution in [2.45, 2.75) is 19.4 Å². The predicted octanol–water partition coefficient (Wildman–Crippen LogP) is 2.43. The third-order valence-electron chi connectivity index (χ3n) is 6.83. The van der Waals surface area contributed by atoms with E-state index >= 15 is 0 Å². The molecule has 0 unspecified atom stereocenters. The van der Waals surface area contributed by atoms with Gasteiger partial charge in [0.05, 0.1) is 17.9 Å². The van der Waals surface area contributed by atoms with E-state index in [4.69, 9.17) is 4.74 Å². The number of hydrogen-bond donors (Lipinski definition) is 1. The molecule has 1 saturated heterocycles. The number of nitrogens with zero attached hydrogens (tertiary/aromatic N) is 3. The molecule has 1 fully saturated rings. The minimum Gasteiger partial charge on any atom is -0.482 e. The third-order valence-corrected chi connectivity index (χ3v) is 6.83. The molecule has 2 aromatic rings. The second-order valence-electron chi connectivity index (χ2n) is 9.03. The van der Waals surface area contributed by atoms with Crippen molar-refractivity contribution in [3.05, 3.63) is 72.1 Å². The summed E-state index contributed by atoms with van der Waals surface area (Å²) in [6.45, 7) is 8.92. The van der Waals surface area contributed by atoms with Gasteiger partial charge < -0.3 is 19.9 Å². The summed E-state index contributed by atoms with van der Waals surface area (Å²) in [4.78, 5) is 54.9. The van der Waals surface area contributed by atoms with Crippen LogP contribution >= 0.6 is 0 Å². The van der Waals surface area contributed by atoms with E-state index in [9.17, 15) is 19.2 Å². The fraction of sp³-hybridized carbons (Fsp3) is 0.259. The number of anilines is 1. The van der Waals surface area contributed by atoms with Crippen LogP contribution in [0.3, 0.4) is 0 Å². The van der Waals surface area contributed by atoms with Crippen molar-refractivity contribution < 1.29 is 23.9 Å². The van der Waals surface area contributed by atoms with Crippen LogP contribution in [0.4, 0.5) is 5.69 Å². The Balaban J connectivity index is 1.35. The van der Waals surface area contributed by atoms with E-state index < -0.39 is 5.91 Å². The van der Waals surface area contributed by atoms with Gasteiger partial charge in [0.2, 0.25) is 0 Å². The number of benzene rings is 2. The first-order chi connectivity index (χ1) is 17.3. The molecule has 3 aliphatic rings. The second kappa shape index (κ2) is 8.99. The van der Waals surface area contributed by atoms with E-state index in [0.717, 1.165) is 29.5 Å². The molecule has 0 aromatic heterocycles. The number of ether oxygens (including phenoxy) is 1. The van der Waals surface area contributed by atoms with Crippen molar-refractivity contribution >= 4 is 29.3 Å². The Labute approximate surface area is 208 Å². The van der Waals surface area contributed by atoms with Crippen LogP contribution in [0.25, 0.3) is 11.1 Å². The molecule has 9 nitrogen and oxygen atoms in total. The first-order valence-electron chi connectivity index (χ1n) is 11.7. The molecule has 0 atom stereocenters. The lowest BCUT2D eigenvalue weighted by Gasteiger charge is -2.26. The molecule has 9 heteroatoms. The summed E-state index contributed by atoms with van der Waals surface area (Å²) in [6.07, 6.45) is 1.85. The average molecular weight is 487 g/mol. The summed E-state index contributed by atoms with van der Waals surface area (Å²) in [7, 11) is 1.70. The van der Waals surface area contributed by atoms with Gasteiger partial charge in [0.25, 0.3) is 23.6 Å². The number of carbonyl (C=O) groups excluding carboxylic acids is 4. The Bertz CT molecular complexity index is 1340. The van der Waals surface area contributed by atoms with Crippen LogP contribution in [0.1, 0.15) is 28.8 Å². The standard InChI is InChI=1S/C27H26N4O5/c1-16(26(34)30-11-4-5-12-30)28-25(33)17(2)31-14-21-19(7-6-8-20(21)27(31)35)18-9-10-22-23(13-18)36-15-24(32)29(22)3/h6-10,13H,1-2,4-5,11-12,14-15H2,3H3,(H,28,33). The molecule has 2 aromatic carbocycles. The number of hydrogen-bond acceptors (Lipinski definition) is 5. The van der Waals surface area contributed by atoms with E-state index in [0.29, 0.717) is 30.1 Å². The third kappa shape index (κ3) is 3.92. The first-order valence-corrected chi connectivity index (χ1v) is 11.7. The van der Waals surface area contributed by atoms with Crippen LogP contribution in [0.2, 0.25) is 0 Å². The minimum atomic E-state index is -0.648. The average Bonchev–Trinajstić information content (AvgIpc) is 3.53. The molecule has 5 rings (SSSR count). The van der Waals surface area contributed by atoms with Gasteiger partial charge in [-0.15, -0.1) is 0 Å². The molecule has 36 heavy (non-hydrogen) atoms. The summed E-state index contributed by atoms with van der Waals surface area (Å²) in [5.41, 5.74) is 3.44. The number of likely N-dealkylation sites (N-methyl/N-ethyl adjacent to an activating group) is 1. The smallest absolute Gasteiger partial charge is 0.271 e. The van der Waals surface area contributed by atoms with Gasteiger partial charge in [-0.05, 0) is 47.7 Å². The predicted molar refractivity (Wildman–Crippen MR) is 133 cm³/mol. The molecule has 1 N–H and O–H groups in total. The monoisotopic (exact) mass is 486 g/mol. The normalized spacial score (nSPS) is 16.4. The highest BCUT2D eigenvalue weighted by molar-refractivity contribution is 6.08. The van der Waals surface area contributed by atoms with Gasteiger partial charge in [0, 0.05) is 25.7 Å². The van der Waals surface area contributed by atoms with Crippen molar-refractivity contribution in [3.8, 4) is 16.9 Å². The van der Waals surface area contributed by atoms with Crippen LogP contribution < -0.4 is 15.0 Å². The van der Waals surface area contributed by atoms with Gasteiger partial charge in [0.1, 0.15) is 11.4 Å². The lowest BCUT2D eigenvalue weighted by molar-refractivity contribution is -0.128. The Morgan fingerprint density at radius 2 is 1.75 bits per heavy atom. The molecule has 0 aliphatic carbocycles. The summed E-state index contributed by atoms with van der Waals surface area (Å²) in [5, 5.41) is 2.50. The van der Waals surface area contributed by atoms with Crippen molar-refractivity contribution in [1.82, 2.24) is 15.1 Å². The number of likely N-dealkylation sites (tertiary alicyclic amines) is 1. The van der Waals surface area contributed by atoms with Gasteiger partial charge in [-0.25, -0.2) is 0 Å². The topological polar surface area (TPSA) is 99.3 Å². The zero-order chi connectivity index (χ0) is 25.6. The van der Waals surface area contributed by atoms with Crippen LogP contribution in [-0.2, 0) is 20.9 Å². The van der Waals surface area contributed by atoms with Crippen molar-refractivity contribution in [2.75, 3.05) is 31.6 Å². The van der Waals surface area contributed by atoms with Crippen LogP contribution in [0.5, 0.6) is 5.75 Å². The molecule has 0 spiro atoms. The van der Waals surface area contributed by atoms with Gasteiger partial charge in [-0.3, -0.25) is 24.1 Å². The Hall–Kier alpha value is -4.40. The quantitative estimate of drug-likeness (QED) is 0.655. The van der Waals surface area contributed by atoms with Gasteiger partial charge in [0.15, 0.2) is 6.61 Å². The van der Waals surface area contributed by atoms with E-state index in [1.165, 1.54) is 4.90 Å². The van der Waals surface area contributed by atoms with Crippen LogP contribution in [0.15, 0.2) is 61.0 Å². The summed E-state index contributed by atoms with van der Waals surface area (Å²) >= 11 is 0. The highest BCUT2D eigenvalue weighted by Gasteiger charge is 2.34. The first kappa shape index (κ1) is 23.3. The second-order valence-corrected chi connectivity index (χ2v) is 9.03. The molecule has 4 amide bonds. The van der Waals surface area contributed by atoms with Crippen molar-refractivity contribution in [1.29, 1.82) is 0 Å². The summed E-state index contributed by atoms with van der Waals surface area (Å²) in [6, 6.07) is 10.9. The number of fused-ring (bicyclic) bond motifs is 2. The number of nitrogens with one attached hydrogen (secondary N) is 1. The van der Waals surface area contributed by atoms with E-state index in [2.05, 4.69) is 18.5 Å². The van der Waals surface area contributed by atoms with Gasteiger partial charge >= 0.3 is 0 Å². The number of rotatable bonds is 5. The largest absolute Gasteiger partial charge is 0.482 e. The number of amides is 4. The maximum atomic E-state index is 13.2. The molecular weight excluding hydrogens is 460 g/mol. The molecule has 0 bridgehead atoms. The minimum absolute atomic E-state index is 0.0351. The fourth-order valence-corrected chi connectivity index (χ4v) is 4.76. The molecule has 3 heterocycles.